The summed E-state index contributed by atoms with van der Waals surface area (Å²) >= 11 is 3.24. The number of H-pyrrole nitrogens is 1. The van der Waals surface area contributed by atoms with Gasteiger partial charge in [-0.3, -0.25) is 5.43 Å². The molecule has 20 heavy (non-hydrogen) atoms. The molecule has 0 saturated carbocycles. The summed E-state index contributed by atoms with van der Waals surface area (Å²) in [6, 6.07) is 3.31. The molecule has 0 amide bonds. The number of nitrogens with one attached hydrogen (secondary N) is 2. The maximum Gasteiger partial charge on any atom is 0.363 e. The summed E-state index contributed by atoms with van der Waals surface area (Å²) in [5, 5.41) is 19.4. The number of halogens is 1. The summed E-state index contributed by atoms with van der Waals surface area (Å²) in [6.07, 6.45) is 2.77. The molecule has 104 valence electrons. The minimum absolute atomic E-state index is 0.0209. The van der Waals surface area contributed by atoms with Crippen molar-refractivity contribution in [2.45, 2.75) is 0 Å². The Morgan fingerprint density at radius 1 is 1.55 bits per heavy atom. The molecule has 0 fully saturated rings. The zero-order valence-electron chi connectivity index (χ0n) is 10.3. The van der Waals surface area contributed by atoms with Crippen molar-refractivity contribution in [3.63, 3.8) is 0 Å². The first-order chi connectivity index (χ1) is 9.61. The summed E-state index contributed by atoms with van der Waals surface area (Å²) in [6.45, 7) is 0. The van der Waals surface area contributed by atoms with E-state index in [1.807, 2.05) is 0 Å². The molecule has 0 aliphatic rings. The van der Waals surface area contributed by atoms with E-state index < -0.39 is 5.69 Å². The van der Waals surface area contributed by atoms with E-state index in [-0.39, 0.29) is 11.6 Å². The Balaban J connectivity index is 2.16. The molecule has 1 aromatic heterocycles. The van der Waals surface area contributed by atoms with Crippen LogP contribution < -0.4 is 15.9 Å². The third-order valence-corrected chi connectivity index (χ3v) is 3.11. The Labute approximate surface area is 121 Å². The molecule has 0 saturated heterocycles. The van der Waals surface area contributed by atoms with Gasteiger partial charge in [0.1, 0.15) is 0 Å². The van der Waals surface area contributed by atoms with Crippen molar-refractivity contribution in [1.82, 2.24) is 15.2 Å². The largest absolute Gasteiger partial charge is 0.503 e. The van der Waals surface area contributed by atoms with E-state index in [9.17, 15) is 9.90 Å². The monoisotopic (exact) mass is 339 g/mol. The number of aromatic amines is 1. The van der Waals surface area contributed by atoms with E-state index in [2.05, 4.69) is 41.6 Å². The van der Waals surface area contributed by atoms with Crippen molar-refractivity contribution in [3.05, 3.63) is 38.9 Å². The van der Waals surface area contributed by atoms with Gasteiger partial charge in [-0.1, -0.05) is 0 Å². The van der Waals surface area contributed by atoms with Crippen molar-refractivity contribution in [2.24, 2.45) is 5.10 Å². The highest BCUT2D eigenvalue weighted by molar-refractivity contribution is 9.10. The van der Waals surface area contributed by atoms with Gasteiger partial charge in [-0.05, 0) is 28.1 Å². The fourth-order valence-electron chi connectivity index (χ4n) is 1.36. The molecule has 1 heterocycles. The van der Waals surface area contributed by atoms with E-state index >= 15 is 0 Å². The van der Waals surface area contributed by atoms with E-state index in [0.717, 1.165) is 0 Å². The van der Waals surface area contributed by atoms with Gasteiger partial charge in [-0.2, -0.15) is 15.2 Å². The molecule has 0 spiro atoms. The molecule has 0 unspecified atom stereocenters. The molecular weight excluding hydrogens is 330 g/mol. The molecule has 3 N–H and O–H groups in total. The highest BCUT2D eigenvalue weighted by Gasteiger charge is 2.09. The smallest absolute Gasteiger partial charge is 0.363 e. The third-order valence-electron chi connectivity index (χ3n) is 2.28. The van der Waals surface area contributed by atoms with Crippen LogP contribution in [0.4, 0.5) is 5.82 Å². The van der Waals surface area contributed by atoms with Crippen LogP contribution in [0.15, 0.2) is 32.7 Å². The van der Waals surface area contributed by atoms with Gasteiger partial charge in [0.05, 0.1) is 24.0 Å². The first kappa shape index (κ1) is 14.0. The van der Waals surface area contributed by atoms with Crippen LogP contribution in [0, 0.1) is 0 Å². The predicted octanol–water partition coefficient (Wildman–Crippen LogP) is 1.09. The van der Waals surface area contributed by atoms with E-state index in [1.54, 1.807) is 12.1 Å². The van der Waals surface area contributed by atoms with Crippen molar-refractivity contribution < 1.29 is 9.84 Å². The van der Waals surface area contributed by atoms with E-state index in [0.29, 0.717) is 15.8 Å². The summed E-state index contributed by atoms with van der Waals surface area (Å²) in [5.41, 5.74) is 2.59. The Morgan fingerprint density at radius 2 is 2.35 bits per heavy atom. The highest BCUT2D eigenvalue weighted by Crippen LogP contribution is 2.35. The quantitative estimate of drug-likeness (QED) is 0.567. The number of aromatic hydroxyl groups is 1. The van der Waals surface area contributed by atoms with Crippen molar-refractivity contribution in [2.75, 3.05) is 12.5 Å². The molecular formula is C11H10BrN5O3. The molecule has 0 radical (unpaired) electrons. The number of hydrogen-bond acceptors (Lipinski definition) is 7. The number of phenols is 1. The normalized spacial score (nSPS) is 10.7. The van der Waals surface area contributed by atoms with Crippen LogP contribution >= 0.6 is 15.9 Å². The molecule has 0 bridgehead atoms. The standard InChI is InChI=1S/C11H10BrN5O3/c1-20-7-3-2-6(9(12)10(7)18)4-13-16-8-5-14-17-11(19)15-8/h2-5,18H,1H3,(H2,15,16,17,19)/b13-4+. The van der Waals surface area contributed by atoms with Crippen LogP contribution in [-0.4, -0.2) is 33.6 Å². The van der Waals surface area contributed by atoms with Crippen LogP contribution in [-0.2, 0) is 0 Å². The van der Waals surface area contributed by atoms with Crippen LogP contribution in [0.1, 0.15) is 5.56 Å². The average molecular weight is 340 g/mol. The molecule has 0 atom stereocenters. The minimum atomic E-state index is -0.575. The van der Waals surface area contributed by atoms with Crippen molar-refractivity contribution >= 4 is 28.0 Å². The maximum atomic E-state index is 10.9. The molecule has 2 aromatic rings. The number of phenolic OH excluding ortho intramolecular Hbond substituents is 1. The molecule has 9 heteroatoms. The fraction of sp³-hybridized carbons (Fsp3) is 0.0909. The summed E-state index contributed by atoms with van der Waals surface area (Å²) in [4.78, 5) is 14.5. The zero-order valence-corrected chi connectivity index (χ0v) is 11.9. The Bertz CT molecular complexity index is 701. The van der Waals surface area contributed by atoms with Crippen molar-refractivity contribution in [3.8, 4) is 11.5 Å². The van der Waals surface area contributed by atoms with Crippen LogP contribution in [0.3, 0.4) is 0 Å². The molecule has 0 aliphatic heterocycles. The number of nitrogens with zero attached hydrogens (tertiary/aromatic N) is 3. The number of methoxy groups -OCH3 is 1. The second-order valence-electron chi connectivity index (χ2n) is 3.56. The van der Waals surface area contributed by atoms with Gasteiger partial charge >= 0.3 is 5.69 Å². The Hall–Kier alpha value is -2.42. The van der Waals surface area contributed by atoms with Gasteiger partial charge in [-0.25, -0.2) is 9.89 Å². The summed E-state index contributed by atoms with van der Waals surface area (Å²) in [7, 11) is 1.46. The lowest BCUT2D eigenvalue weighted by Gasteiger charge is -2.06. The fourth-order valence-corrected chi connectivity index (χ4v) is 1.79. The molecule has 8 nitrogen and oxygen atoms in total. The number of rotatable bonds is 4. The second kappa shape index (κ2) is 6.15. The molecule has 1 aromatic carbocycles. The van der Waals surface area contributed by atoms with Gasteiger partial charge in [0, 0.05) is 5.56 Å². The molecule has 2 rings (SSSR count). The average Bonchev–Trinajstić information content (AvgIpc) is 2.44. The van der Waals surface area contributed by atoms with Crippen LogP contribution in [0.2, 0.25) is 0 Å². The van der Waals surface area contributed by atoms with Crippen LogP contribution in [0.25, 0.3) is 0 Å². The van der Waals surface area contributed by atoms with Gasteiger partial charge in [0.25, 0.3) is 0 Å². The minimum Gasteiger partial charge on any atom is -0.503 e. The van der Waals surface area contributed by atoms with Gasteiger partial charge < -0.3 is 9.84 Å². The second-order valence-corrected chi connectivity index (χ2v) is 4.35. The van der Waals surface area contributed by atoms with Crippen molar-refractivity contribution in [1.29, 1.82) is 0 Å². The highest BCUT2D eigenvalue weighted by atomic mass is 79.9. The van der Waals surface area contributed by atoms with Crippen LogP contribution in [0.5, 0.6) is 11.5 Å². The number of ether oxygens (including phenoxy) is 1. The summed E-state index contributed by atoms with van der Waals surface area (Å²) in [5.74, 6) is 0.536. The lowest BCUT2D eigenvalue weighted by Crippen LogP contribution is -2.13. The predicted molar refractivity (Wildman–Crippen MR) is 76.2 cm³/mol. The lowest BCUT2D eigenvalue weighted by molar-refractivity contribution is 0.372. The Morgan fingerprint density at radius 3 is 3.05 bits per heavy atom. The first-order valence-corrected chi connectivity index (χ1v) is 6.17. The zero-order chi connectivity index (χ0) is 14.5. The SMILES string of the molecule is COc1ccc(/C=N/Nc2cn[nH]c(=O)n2)c(Br)c1O. The number of benzene rings is 1. The summed E-state index contributed by atoms with van der Waals surface area (Å²) < 4.78 is 5.42. The molecule has 0 aliphatic carbocycles. The third kappa shape index (κ3) is 3.12. The lowest BCUT2D eigenvalue weighted by atomic mass is 10.2. The number of anilines is 1. The number of hydrogen-bond donors (Lipinski definition) is 3. The number of hydrazone groups is 1. The van der Waals surface area contributed by atoms with E-state index in [4.69, 9.17) is 4.74 Å². The van der Waals surface area contributed by atoms with E-state index in [1.165, 1.54) is 19.5 Å². The maximum absolute atomic E-state index is 10.9. The van der Waals surface area contributed by atoms with Gasteiger partial charge in [0.15, 0.2) is 17.3 Å². The first-order valence-electron chi connectivity index (χ1n) is 5.38. The topological polar surface area (TPSA) is 112 Å². The van der Waals surface area contributed by atoms with Gasteiger partial charge in [0.2, 0.25) is 0 Å². The van der Waals surface area contributed by atoms with Gasteiger partial charge in [-0.15, -0.1) is 0 Å². The number of aromatic nitrogens is 3. The Kier molecular flexibility index (Phi) is 4.31.